The van der Waals surface area contributed by atoms with E-state index < -0.39 is 0 Å². The van der Waals surface area contributed by atoms with Crippen LogP contribution in [0.25, 0.3) is 0 Å². The minimum Gasteiger partial charge on any atom is -0.493 e. The molecule has 6 rings (SSSR count). The number of hydrogen-bond donors (Lipinski definition) is 0. The molecule has 0 radical (unpaired) electrons. The van der Waals surface area contributed by atoms with Crippen molar-refractivity contribution in [1.82, 2.24) is 0 Å². The normalized spacial score (nSPS) is 13.5. The van der Waals surface area contributed by atoms with Gasteiger partial charge < -0.3 is 19.3 Å². The SMILES string of the molecule is CCCCCCCCOc1c(C)cc(N=Nc2cc3c(cc2C)CN2CN3Cc3cc(C)c(N=Nc4cc(C)c(OCCCCCCCC)c(C)c4)cc32)cc1C. The zero-order chi connectivity index (χ0) is 40.3. The van der Waals surface area contributed by atoms with Crippen LogP contribution in [-0.4, -0.2) is 19.9 Å². The van der Waals surface area contributed by atoms with Crippen molar-refractivity contribution in [2.75, 3.05) is 29.7 Å². The Kier molecular flexibility index (Phi) is 14.8. The van der Waals surface area contributed by atoms with E-state index in [-0.39, 0.29) is 0 Å². The molecule has 304 valence electrons. The number of nitrogens with zero attached hydrogens (tertiary/aromatic N) is 6. The maximum atomic E-state index is 6.22. The summed E-state index contributed by atoms with van der Waals surface area (Å²) in [6, 6.07) is 17.3. The second-order valence-corrected chi connectivity index (χ2v) is 16.5. The number of hydrogen-bond acceptors (Lipinski definition) is 8. The summed E-state index contributed by atoms with van der Waals surface area (Å²) >= 11 is 0. The van der Waals surface area contributed by atoms with Crippen molar-refractivity contribution in [3.63, 3.8) is 0 Å². The Hall–Kier alpha value is -4.72. The molecule has 8 heteroatoms. The monoisotopic (exact) mass is 771 g/mol. The molecule has 0 unspecified atom stereocenters. The zero-order valence-corrected chi connectivity index (χ0v) is 36.1. The van der Waals surface area contributed by atoms with E-state index in [2.05, 4.69) is 114 Å². The van der Waals surface area contributed by atoms with Crippen LogP contribution >= 0.6 is 0 Å². The number of rotatable bonds is 20. The molecule has 0 saturated carbocycles. The van der Waals surface area contributed by atoms with Gasteiger partial charge in [0, 0.05) is 24.5 Å². The topological polar surface area (TPSA) is 74.4 Å². The Morgan fingerprint density at radius 2 is 0.807 bits per heavy atom. The fraction of sp³-hybridized carbons (Fsp3) is 0.510. The van der Waals surface area contributed by atoms with Gasteiger partial charge in [-0.15, -0.1) is 0 Å². The van der Waals surface area contributed by atoms with Gasteiger partial charge in [-0.25, -0.2) is 0 Å². The smallest absolute Gasteiger partial charge is 0.125 e. The number of benzene rings is 4. The number of azo groups is 2. The lowest BCUT2D eigenvalue weighted by atomic mass is 9.98. The van der Waals surface area contributed by atoms with E-state index in [0.29, 0.717) is 0 Å². The first-order valence-corrected chi connectivity index (χ1v) is 21.7. The highest BCUT2D eigenvalue weighted by Crippen LogP contribution is 2.43. The molecule has 0 spiro atoms. The highest BCUT2D eigenvalue weighted by molar-refractivity contribution is 5.74. The average Bonchev–Trinajstić information content (AvgIpc) is 3.17. The third-order valence-corrected chi connectivity index (χ3v) is 11.5. The molecule has 2 heterocycles. The number of ether oxygens (including phenoxy) is 2. The number of aryl methyl sites for hydroxylation is 6. The summed E-state index contributed by atoms with van der Waals surface area (Å²) in [5.74, 6) is 1.96. The summed E-state index contributed by atoms with van der Waals surface area (Å²) in [6.07, 6.45) is 15.1. The van der Waals surface area contributed by atoms with Crippen molar-refractivity contribution in [2.45, 2.75) is 146 Å². The standard InChI is InChI=1S/C49H66N6O2/c1-9-11-13-15-17-19-21-56-48-36(5)25-42(26-37(48)6)50-52-44-29-46-40(23-34(44)3)31-55-33-54(46)32-41-24-35(4)45(30-47(41)55)53-51-43-27-38(7)49(39(8)28-43)57-22-20-18-16-14-12-10-2/h23-30H,9-22,31-33H2,1-8H3. The van der Waals surface area contributed by atoms with Crippen molar-refractivity contribution >= 4 is 34.1 Å². The van der Waals surface area contributed by atoms with E-state index in [0.717, 1.165) is 113 Å². The van der Waals surface area contributed by atoms with Crippen LogP contribution in [0.5, 0.6) is 11.5 Å². The molecule has 0 aromatic heterocycles. The summed E-state index contributed by atoms with van der Waals surface area (Å²) < 4.78 is 12.4. The number of fused-ring (bicyclic) bond motifs is 6. The summed E-state index contributed by atoms with van der Waals surface area (Å²) in [4.78, 5) is 4.90. The Morgan fingerprint density at radius 1 is 0.439 bits per heavy atom. The van der Waals surface area contributed by atoms with Gasteiger partial charge in [-0.1, -0.05) is 90.2 Å². The Bertz CT molecular complexity index is 1860. The first-order valence-electron chi connectivity index (χ1n) is 21.7. The molecule has 0 aliphatic carbocycles. The predicted molar refractivity (Wildman–Crippen MR) is 238 cm³/mol. The summed E-state index contributed by atoms with van der Waals surface area (Å²) in [7, 11) is 0. The largest absolute Gasteiger partial charge is 0.493 e. The molecule has 0 atom stereocenters. The maximum Gasteiger partial charge on any atom is 0.125 e. The minimum atomic E-state index is 0.762. The van der Waals surface area contributed by atoms with Gasteiger partial charge in [0.2, 0.25) is 0 Å². The summed E-state index contributed by atoms with van der Waals surface area (Å²) in [5, 5.41) is 19.0. The van der Waals surface area contributed by atoms with E-state index in [1.165, 1.54) is 86.7 Å². The fourth-order valence-electron chi connectivity index (χ4n) is 8.35. The van der Waals surface area contributed by atoms with Crippen LogP contribution in [-0.2, 0) is 13.1 Å². The van der Waals surface area contributed by atoms with Crippen molar-refractivity contribution in [1.29, 1.82) is 0 Å². The van der Waals surface area contributed by atoms with Crippen LogP contribution in [0.15, 0.2) is 69.0 Å². The predicted octanol–water partition coefficient (Wildman–Crippen LogP) is 15.1. The van der Waals surface area contributed by atoms with Gasteiger partial charge in [0.05, 0.1) is 42.6 Å². The molecule has 0 fully saturated rings. The van der Waals surface area contributed by atoms with Crippen molar-refractivity contribution in [2.24, 2.45) is 20.5 Å². The Balaban J connectivity index is 1.09. The second-order valence-electron chi connectivity index (χ2n) is 16.5. The fourth-order valence-corrected chi connectivity index (χ4v) is 8.35. The van der Waals surface area contributed by atoms with Crippen molar-refractivity contribution < 1.29 is 9.47 Å². The molecule has 0 saturated heterocycles. The molecule has 57 heavy (non-hydrogen) atoms. The summed E-state index contributed by atoms with van der Waals surface area (Å²) in [5.41, 5.74) is 15.2. The quantitative estimate of drug-likeness (QED) is 0.0662. The third kappa shape index (κ3) is 10.8. The van der Waals surface area contributed by atoms with Gasteiger partial charge in [0.25, 0.3) is 0 Å². The first kappa shape index (κ1) is 41.9. The number of anilines is 2. The lowest BCUT2D eigenvalue weighted by Gasteiger charge is -2.45. The molecule has 4 aromatic carbocycles. The highest BCUT2D eigenvalue weighted by atomic mass is 16.5. The van der Waals surface area contributed by atoms with Gasteiger partial charge in [0.1, 0.15) is 11.5 Å². The van der Waals surface area contributed by atoms with Gasteiger partial charge in [-0.2, -0.15) is 20.5 Å². The van der Waals surface area contributed by atoms with Gasteiger partial charge in [0.15, 0.2) is 0 Å². The molecule has 4 aromatic rings. The molecule has 2 aliphatic rings. The van der Waals surface area contributed by atoms with Gasteiger partial charge >= 0.3 is 0 Å². The lowest BCUT2D eigenvalue weighted by molar-refractivity contribution is 0.300. The number of unbranched alkanes of at least 4 members (excludes halogenated alkanes) is 10. The van der Waals surface area contributed by atoms with E-state index in [1.54, 1.807) is 0 Å². The van der Waals surface area contributed by atoms with E-state index >= 15 is 0 Å². The zero-order valence-electron chi connectivity index (χ0n) is 36.1. The van der Waals surface area contributed by atoms with Crippen LogP contribution in [0.2, 0.25) is 0 Å². The second kappa shape index (κ2) is 20.1. The molecule has 0 amide bonds. The average molecular weight is 771 g/mol. The molecular weight excluding hydrogens is 705 g/mol. The summed E-state index contributed by atoms with van der Waals surface area (Å²) in [6.45, 7) is 21.2. The van der Waals surface area contributed by atoms with Gasteiger partial charge in [-0.05, 0) is 135 Å². The maximum absolute atomic E-state index is 6.22. The molecule has 0 N–H and O–H groups in total. The molecular formula is C49H66N6O2. The van der Waals surface area contributed by atoms with Crippen molar-refractivity contribution in [3.05, 3.63) is 93.0 Å². The highest BCUT2D eigenvalue weighted by Gasteiger charge is 2.30. The Morgan fingerprint density at radius 3 is 1.19 bits per heavy atom. The first-order chi connectivity index (χ1) is 27.6. The van der Waals surface area contributed by atoms with Crippen LogP contribution in [0.3, 0.4) is 0 Å². The van der Waals surface area contributed by atoms with E-state index in [4.69, 9.17) is 29.9 Å². The van der Waals surface area contributed by atoms with Crippen LogP contribution < -0.4 is 19.3 Å². The Labute approximate surface area is 342 Å². The van der Waals surface area contributed by atoms with Crippen LogP contribution in [0.1, 0.15) is 135 Å². The molecule has 8 nitrogen and oxygen atoms in total. The minimum absolute atomic E-state index is 0.762. The van der Waals surface area contributed by atoms with E-state index in [9.17, 15) is 0 Å². The van der Waals surface area contributed by atoms with Crippen LogP contribution in [0, 0.1) is 41.5 Å². The lowest BCUT2D eigenvalue weighted by Crippen LogP contribution is -2.46. The van der Waals surface area contributed by atoms with Crippen molar-refractivity contribution in [3.8, 4) is 11.5 Å². The van der Waals surface area contributed by atoms with E-state index in [1.807, 2.05) is 0 Å². The van der Waals surface area contributed by atoms with Gasteiger partial charge in [-0.3, -0.25) is 0 Å². The van der Waals surface area contributed by atoms with Crippen LogP contribution in [0.4, 0.5) is 34.1 Å². The third-order valence-electron chi connectivity index (χ3n) is 11.5. The molecule has 2 bridgehead atoms. The molecule has 2 aliphatic heterocycles.